The lowest BCUT2D eigenvalue weighted by Crippen LogP contribution is -2.52. The van der Waals surface area contributed by atoms with Crippen LogP contribution in [0.1, 0.15) is 50.5 Å². The SMILES string of the molecule is Cn1cnnc1[C@@H]1CN(C(=O)[C@@H]2CCCN2C2CCCC2)CCO1. The summed E-state index contributed by atoms with van der Waals surface area (Å²) in [6.45, 7) is 2.92. The third-order valence-corrected chi connectivity index (χ3v) is 5.79. The van der Waals surface area contributed by atoms with Gasteiger partial charge in [0.2, 0.25) is 5.91 Å². The van der Waals surface area contributed by atoms with E-state index in [2.05, 4.69) is 15.1 Å². The van der Waals surface area contributed by atoms with Crippen molar-refractivity contribution < 1.29 is 9.53 Å². The van der Waals surface area contributed by atoms with Gasteiger partial charge in [0, 0.05) is 19.6 Å². The molecule has 0 bridgehead atoms. The van der Waals surface area contributed by atoms with Gasteiger partial charge in [0.1, 0.15) is 12.4 Å². The molecule has 1 aromatic heterocycles. The van der Waals surface area contributed by atoms with Gasteiger partial charge in [-0.3, -0.25) is 9.69 Å². The van der Waals surface area contributed by atoms with Crippen LogP contribution in [0.25, 0.3) is 0 Å². The van der Waals surface area contributed by atoms with Gasteiger partial charge in [0.05, 0.1) is 19.2 Å². The van der Waals surface area contributed by atoms with Gasteiger partial charge in [-0.25, -0.2) is 0 Å². The van der Waals surface area contributed by atoms with Crippen LogP contribution in [0, 0.1) is 0 Å². The zero-order valence-corrected chi connectivity index (χ0v) is 14.4. The van der Waals surface area contributed by atoms with Crippen molar-refractivity contribution in [3.8, 4) is 0 Å². The van der Waals surface area contributed by atoms with Crippen LogP contribution < -0.4 is 0 Å². The summed E-state index contributed by atoms with van der Waals surface area (Å²) in [6, 6.07) is 0.698. The Hall–Kier alpha value is -1.47. The second-order valence-corrected chi connectivity index (χ2v) is 7.28. The minimum Gasteiger partial charge on any atom is -0.366 e. The van der Waals surface area contributed by atoms with Gasteiger partial charge in [-0.2, -0.15) is 0 Å². The molecular formula is C17H27N5O2. The van der Waals surface area contributed by atoms with E-state index >= 15 is 0 Å². The fourth-order valence-corrected chi connectivity index (χ4v) is 4.53. The molecule has 1 saturated carbocycles. The zero-order valence-electron chi connectivity index (χ0n) is 14.4. The van der Waals surface area contributed by atoms with Crippen molar-refractivity contribution in [2.24, 2.45) is 7.05 Å². The lowest BCUT2D eigenvalue weighted by Gasteiger charge is -2.37. The number of hydrogen-bond donors (Lipinski definition) is 0. The average Bonchev–Trinajstić information content (AvgIpc) is 3.34. The monoisotopic (exact) mass is 333 g/mol. The molecule has 24 heavy (non-hydrogen) atoms. The molecule has 1 aliphatic carbocycles. The largest absolute Gasteiger partial charge is 0.366 e. The molecule has 2 aliphatic heterocycles. The van der Waals surface area contributed by atoms with E-state index in [1.165, 1.54) is 25.7 Å². The van der Waals surface area contributed by atoms with Crippen LogP contribution in [0.4, 0.5) is 0 Å². The summed E-state index contributed by atoms with van der Waals surface area (Å²) in [5.41, 5.74) is 0. The minimum absolute atomic E-state index is 0.0753. The van der Waals surface area contributed by atoms with Crippen LogP contribution >= 0.6 is 0 Å². The van der Waals surface area contributed by atoms with E-state index in [0.717, 1.165) is 25.2 Å². The van der Waals surface area contributed by atoms with E-state index in [-0.39, 0.29) is 18.1 Å². The molecule has 1 aromatic rings. The second-order valence-electron chi connectivity index (χ2n) is 7.28. The van der Waals surface area contributed by atoms with Crippen molar-refractivity contribution in [3.63, 3.8) is 0 Å². The number of carbonyl (C=O) groups is 1. The Labute approximate surface area is 143 Å². The molecule has 4 rings (SSSR count). The summed E-state index contributed by atoms with van der Waals surface area (Å²) in [5.74, 6) is 1.08. The van der Waals surface area contributed by atoms with Crippen LogP contribution in [0.15, 0.2) is 6.33 Å². The lowest BCUT2D eigenvalue weighted by molar-refractivity contribution is -0.144. The summed E-state index contributed by atoms with van der Waals surface area (Å²) in [5, 5.41) is 8.08. The Bertz CT molecular complexity index is 583. The molecule has 1 amide bonds. The molecule has 3 fully saturated rings. The Balaban J connectivity index is 1.44. The summed E-state index contributed by atoms with van der Waals surface area (Å²) in [4.78, 5) is 17.6. The van der Waals surface area contributed by atoms with Gasteiger partial charge in [-0.05, 0) is 32.2 Å². The van der Waals surface area contributed by atoms with Crippen molar-refractivity contribution in [2.75, 3.05) is 26.2 Å². The normalized spacial score (nSPS) is 29.5. The van der Waals surface area contributed by atoms with E-state index < -0.39 is 0 Å². The number of aryl methyl sites for hydroxylation is 1. The molecule has 0 unspecified atom stereocenters. The highest BCUT2D eigenvalue weighted by Gasteiger charge is 2.40. The first kappa shape index (κ1) is 16.0. The molecule has 3 aliphatic rings. The lowest BCUT2D eigenvalue weighted by atomic mass is 10.1. The first-order valence-electron chi connectivity index (χ1n) is 9.24. The van der Waals surface area contributed by atoms with E-state index in [4.69, 9.17) is 4.74 Å². The molecule has 132 valence electrons. The number of morpholine rings is 1. The van der Waals surface area contributed by atoms with Gasteiger partial charge < -0.3 is 14.2 Å². The highest BCUT2D eigenvalue weighted by atomic mass is 16.5. The number of hydrogen-bond acceptors (Lipinski definition) is 5. The summed E-state index contributed by atoms with van der Waals surface area (Å²) in [7, 11) is 1.91. The average molecular weight is 333 g/mol. The van der Waals surface area contributed by atoms with Gasteiger partial charge in [0.25, 0.3) is 0 Å². The van der Waals surface area contributed by atoms with Gasteiger partial charge in [0.15, 0.2) is 5.82 Å². The Morgan fingerprint density at radius 2 is 2.04 bits per heavy atom. The van der Waals surface area contributed by atoms with E-state index in [1.807, 2.05) is 16.5 Å². The Morgan fingerprint density at radius 3 is 2.79 bits per heavy atom. The summed E-state index contributed by atoms with van der Waals surface area (Å²) in [6.07, 6.45) is 8.80. The molecule has 2 saturated heterocycles. The van der Waals surface area contributed by atoms with Gasteiger partial charge >= 0.3 is 0 Å². The topological polar surface area (TPSA) is 63.5 Å². The highest BCUT2D eigenvalue weighted by Crippen LogP contribution is 2.31. The maximum absolute atomic E-state index is 13.2. The predicted octanol–water partition coefficient (Wildman–Crippen LogP) is 1.12. The predicted molar refractivity (Wildman–Crippen MR) is 88.3 cm³/mol. The first-order chi connectivity index (χ1) is 11.7. The molecule has 7 heteroatoms. The number of amides is 1. The van der Waals surface area contributed by atoms with Gasteiger partial charge in [-0.15, -0.1) is 10.2 Å². The molecule has 3 heterocycles. The number of likely N-dealkylation sites (tertiary alicyclic amines) is 1. The van der Waals surface area contributed by atoms with E-state index in [9.17, 15) is 4.79 Å². The van der Waals surface area contributed by atoms with Crippen LogP contribution in [-0.2, 0) is 16.6 Å². The first-order valence-corrected chi connectivity index (χ1v) is 9.24. The molecule has 0 radical (unpaired) electrons. The van der Waals surface area contributed by atoms with Crippen LogP contribution in [0.5, 0.6) is 0 Å². The highest BCUT2D eigenvalue weighted by molar-refractivity contribution is 5.82. The number of rotatable bonds is 3. The fraction of sp³-hybridized carbons (Fsp3) is 0.824. The number of carbonyl (C=O) groups excluding carboxylic acids is 1. The summed E-state index contributed by atoms with van der Waals surface area (Å²) < 4.78 is 7.72. The molecule has 0 spiro atoms. The van der Waals surface area contributed by atoms with E-state index in [0.29, 0.717) is 25.7 Å². The standard InChI is InChI=1S/C17H27N5O2/c1-20-12-18-19-16(20)15-11-21(9-10-24-15)17(23)14-7-4-8-22(14)13-5-2-3-6-13/h12-15H,2-11H2,1H3/t14-,15-/m0/s1. The third kappa shape index (κ3) is 2.95. The van der Waals surface area contributed by atoms with Crippen LogP contribution in [0.3, 0.4) is 0 Å². The van der Waals surface area contributed by atoms with Crippen molar-refractivity contribution >= 4 is 5.91 Å². The molecule has 7 nitrogen and oxygen atoms in total. The third-order valence-electron chi connectivity index (χ3n) is 5.79. The van der Waals surface area contributed by atoms with Crippen molar-refractivity contribution in [3.05, 3.63) is 12.2 Å². The van der Waals surface area contributed by atoms with Crippen LogP contribution in [0.2, 0.25) is 0 Å². The van der Waals surface area contributed by atoms with Crippen molar-refractivity contribution in [1.29, 1.82) is 0 Å². The maximum Gasteiger partial charge on any atom is 0.240 e. The zero-order chi connectivity index (χ0) is 16.5. The Morgan fingerprint density at radius 1 is 1.21 bits per heavy atom. The quantitative estimate of drug-likeness (QED) is 0.829. The minimum atomic E-state index is -0.170. The van der Waals surface area contributed by atoms with Crippen molar-refractivity contribution in [1.82, 2.24) is 24.6 Å². The smallest absolute Gasteiger partial charge is 0.240 e. The summed E-state index contributed by atoms with van der Waals surface area (Å²) >= 11 is 0. The number of aromatic nitrogens is 3. The molecular weight excluding hydrogens is 306 g/mol. The molecule has 0 aromatic carbocycles. The number of nitrogens with zero attached hydrogens (tertiary/aromatic N) is 5. The molecule has 2 atom stereocenters. The Kier molecular flexibility index (Phi) is 4.54. The van der Waals surface area contributed by atoms with Crippen LogP contribution in [-0.4, -0.2) is 68.8 Å². The van der Waals surface area contributed by atoms with E-state index in [1.54, 1.807) is 6.33 Å². The maximum atomic E-state index is 13.2. The number of ether oxygens (including phenoxy) is 1. The second kappa shape index (κ2) is 6.80. The molecule has 0 N–H and O–H groups in total. The van der Waals surface area contributed by atoms with Crippen molar-refractivity contribution in [2.45, 2.75) is 56.7 Å². The van der Waals surface area contributed by atoms with Gasteiger partial charge in [-0.1, -0.05) is 12.8 Å². The fourth-order valence-electron chi connectivity index (χ4n) is 4.53.